The summed E-state index contributed by atoms with van der Waals surface area (Å²) in [6.07, 6.45) is 0.335. The van der Waals surface area contributed by atoms with Gasteiger partial charge in [0.25, 0.3) is 0 Å². The van der Waals surface area contributed by atoms with Gasteiger partial charge in [0.2, 0.25) is 0 Å². The van der Waals surface area contributed by atoms with Crippen molar-refractivity contribution < 1.29 is 42.9 Å². The molecule has 0 aromatic rings. The van der Waals surface area contributed by atoms with E-state index in [0.717, 1.165) is 0 Å². The summed E-state index contributed by atoms with van der Waals surface area (Å²) < 4.78 is 19.1. The molecule has 0 atom stereocenters. The number of Topliss-reactive ketones (excluding diaryl/α,β-unsaturated/α-hetero) is 1. The Labute approximate surface area is 195 Å². The van der Waals surface area contributed by atoms with Crippen molar-refractivity contribution in [2.45, 2.75) is 20.3 Å². The molecule has 0 rings (SSSR count). The molecule has 0 heterocycles. The summed E-state index contributed by atoms with van der Waals surface area (Å²) in [5, 5.41) is 0. The first-order chi connectivity index (χ1) is 15.7. The number of hydrogen-bond donors (Lipinski definition) is 0. The zero-order chi connectivity index (χ0) is 25.2. The summed E-state index contributed by atoms with van der Waals surface area (Å²) in [5.41, 5.74) is 0. The Morgan fingerprint density at radius 2 is 0.909 bits per heavy atom. The molecule has 0 unspecified atom stereocenters. The van der Waals surface area contributed by atoms with Gasteiger partial charge in [-0.2, -0.15) is 0 Å². The fourth-order valence-corrected chi connectivity index (χ4v) is 2.76. The zero-order valence-corrected chi connectivity index (χ0v) is 20.3. The molecule has 0 spiro atoms. The van der Waals surface area contributed by atoms with E-state index in [0.29, 0.717) is 26.1 Å². The topological polar surface area (TPSA) is 132 Å². The van der Waals surface area contributed by atoms with Crippen molar-refractivity contribution in [2.75, 3.05) is 86.8 Å². The molecule has 0 aliphatic carbocycles. The number of rotatable bonds is 18. The minimum Gasteiger partial charge on any atom is -0.468 e. The van der Waals surface area contributed by atoms with E-state index in [9.17, 15) is 24.0 Å². The highest BCUT2D eigenvalue weighted by Crippen LogP contribution is 2.00. The van der Waals surface area contributed by atoms with Crippen LogP contribution in [0.1, 0.15) is 20.3 Å². The summed E-state index contributed by atoms with van der Waals surface area (Å²) in [5.74, 6) is -1.97. The molecule has 0 saturated carbocycles. The van der Waals surface area contributed by atoms with Gasteiger partial charge in [-0.15, -0.1) is 0 Å². The fraction of sp³-hybridized carbons (Fsp3) is 0.762. The third-order valence-electron chi connectivity index (χ3n) is 4.66. The minimum atomic E-state index is -0.517. The van der Waals surface area contributed by atoms with Gasteiger partial charge in [0.15, 0.2) is 0 Å². The Hall–Kier alpha value is -2.57. The van der Waals surface area contributed by atoms with E-state index in [1.54, 1.807) is 28.5 Å². The van der Waals surface area contributed by atoms with E-state index in [2.05, 4.69) is 9.47 Å². The van der Waals surface area contributed by atoms with Crippen LogP contribution in [0.5, 0.6) is 0 Å². The van der Waals surface area contributed by atoms with Crippen molar-refractivity contribution in [1.82, 2.24) is 14.7 Å². The maximum atomic E-state index is 11.9. The smallest absolute Gasteiger partial charge is 0.320 e. The van der Waals surface area contributed by atoms with Crippen LogP contribution in [0, 0.1) is 0 Å². The number of hydrogen-bond acceptors (Lipinski definition) is 12. The van der Waals surface area contributed by atoms with Crippen molar-refractivity contribution in [1.29, 1.82) is 0 Å². The van der Waals surface area contributed by atoms with Crippen LogP contribution in [0.2, 0.25) is 0 Å². The molecule has 0 amide bonds. The lowest BCUT2D eigenvalue weighted by atomic mass is 10.3. The molecule has 0 N–H and O–H groups in total. The van der Waals surface area contributed by atoms with Gasteiger partial charge in [-0.1, -0.05) is 6.92 Å². The molecular formula is C21H37N3O9. The third-order valence-corrected chi connectivity index (χ3v) is 4.66. The van der Waals surface area contributed by atoms with Crippen molar-refractivity contribution in [3.05, 3.63) is 0 Å². The summed E-state index contributed by atoms with van der Waals surface area (Å²) in [7, 11) is 3.77. The molecule has 0 bridgehead atoms. The highest BCUT2D eigenvalue weighted by Gasteiger charge is 2.20. The predicted octanol–water partition coefficient (Wildman–Crippen LogP) is -1.05. The second kappa shape index (κ2) is 17.9. The maximum absolute atomic E-state index is 11.9. The number of methoxy groups -OCH3 is 3. The second-order valence-corrected chi connectivity index (χ2v) is 7.12. The van der Waals surface area contributed by atoms with Gasteiger partial charge in [-0.3, -0.25) is 38.7 Å². The highest BCUT2D eigenvalue weighted by molar-refractivity contribution is 5.81. The summed E-state index contributed by atoms with van der Waals surface area (Å²) in [6, 6.07) is 0. The van der Waals surface area contributed by atoms with Gasteiger partial charge >= 0.3 is 23.9 Å². The fourth-order valence-electron chi connectivity index (χ4n) is 2.76. The normalized spacial score (nSPS) is 10.9. The Balaban J connectivity index is 5.21. The molecule has 0 fully saturated rings. The van der Waals surface area contributed by atoms with E-state index in [1.807, 2.05) is 0 Å². The molecule has 0 saturated heterocycles. The number of esters is 4. The van der Waals surface area contributed by atoms with E-state index >= 15 is 0 Å². The van der Waals surface area contributed by atoms with Crippen LogP contribution < -0.4 is 0 Å². The average Bonchev–Trinajstić information content (AvgIpc) is 2.79. The molecule has 0 aliphatic heterocycles. The summed E-state index contributed by atoms with van der Waals surface area (Å²) >= 11 is 0. The third kappa shape index (κ3) is 15.0. The summed E-state index contributed by atoms with van der Waals surface area (Å²) in [6.45, 7) is 4.61. The standard InChI is InChI=1S/C21H37N3O9/c1-6-17(25)12-23(16-21(29)33-7-2)10-8-22(13-18(26)30-3)9-11-24(14-19(27)31-4)15-20(28)32-5/h6-16H2,1-5H3. The van der Waals surface area contributed by atoms with Crippen LogP contribution in [0.3, 0.4) is 0 Å². The minimum absolute atomic E-state index is 0.0267. The van der Waals surface area contributed by atoms with E-state index < -0.39 is 23.9 Å². The monoisotopic (exact) mass is 475 g/mol. The number of carbonyl (C=O) groups is 5. The molecule has 0 aliphatic rings. The van der Waals surface area contributed by atoms with Crippen LogP contribution in [0.4, 0.5) is 0 Å². The van der Waals surface area contributed by atoms with Gasteiger partial charge in [0.05, 0.1) is 60.7 Å². The van der Waals surface area contributed by atoms with Gasteiger partial charge in [-0.05, 0) is 6.92 Å². The largest absolute Gasteiger partial charge is 0.468 e. The molecule has 0 aromatic heterocycles. The predicted molar refractivity (Wildman–Crippen MR) is 117 cm³/mol. The molecule has 0 radical (unpaired) electrons. The average molecular weight is 476 g/mol. The Morgan fingerprint density at radius 1 is 0.545 bits per heavy atom. The van der Waals surface area contributed by atoms with E-state index in [1.165, 1.54) is 21.3 Å². The molecule has 190 valence electrons. The SMILES string of the molecule is CCOC(=O)CN(CCN(CCN(CC(=O)OC)CC(=O)OC)CC(=O)OC)CC(=O)CC. The molecule has 12 nitrogen and oxygen atoms in total. The van der Waals surface area contributed by atoms with Crippen molar-refractivity contribution in [2.24, 2.45) is 0 Å². The lowest BCUT2D eigenvalue weighted by Crippen LogP contribution is -2.46. The van der Waals surface area contributed by atoms with Gasteiger partial charge in [-0.25, -0.2) is 0 Å². The van der Waals surface area contributed by atoms with Crippen molar-refractivity contribution in [3.8, 4) is 0 Å². The van der Waals surface area contributed by atoms with Crippen LogP contribution in [-0.4, -0.2) is 131 Å². The van der Waals surface area contributed by atoms with E-state index in [4.69, 9.17) is 9.47 Å². The number of ketones is 1. The van der Waals surface area contributed by atoms with Gasteiger partial charge < -0.3 is 18.9 Å². The Morgan fingerprint density at radius 3 is 1.30 bits per heavy atom. The van der Waals surface area contributed by atoms with E-state index in [-0.39, 0.29) is 51.7 Å². The lowest BCUT2D eigenvalue weighted by molar-refractivity contribution is -0.146. The zero-order valence-electron chi connectivity index (χ0n) is 20.3. The van der Waals surface area contributed by atoms with Gasteiger partial charge in [0.1, 0.15) is 5.78 Å². The molecule has 33 heavy (non-hydrogen) atoms. The lowest BCUT2D eigenvalue weighted by Gasteiger charge is -2.28. The van der Waals surface area contributed by atoms with Crippen LogP contribution in [-0.2, 0) is 42.9 Å². The van der Waals surface area contributed by atoms with Crippen LogP contribution in [0.15, 0.2) is 0 Å². The Bertz CT molecular complexity index is 624. The quantitative estimate of drug-likeness (QED) is 0.177. The van der Waals surface area contributed by atoms with Crippen molar-refractivity contribution >= 4 is 29.7 Å². The first-order valence-corrected chi connectivity index (χ1v) is 10.7. The number of nitrogens with zero attached hydrogens (tertiary/aromatic N) is 3. The van der Waals surface area contributed by atoms with Crippen LogP contribution >= 0.6 is 0 Å². The molecule has 12 heteroatoms. The second-order valence-electron chi connectivity index (χ2n) is 7.12. The molecule has 0 aromatic carbocycles. The van der Waals surface area contributed by atoms with Crippen LogP contribution in [0.25, 0.3) is 0 Å². The highest BCUT2D eigenvalue weighted by atomic mass is 16.5. The first kappa shape index (κ1) is 30.4. The van der Waals surface area contributed by atoms with Gasteiger partial charge in [0, 0.05) is 32.6 Å². The maximum Gasteiger partial charge on any atom is 0.320 e. The Kier molecular flexibility index (Phi) is 16.5. The number of carbonyl (C=O) groups excluding carboxylic acids is 5. The first-order valence-electron chi connectivity index (χ1n) is 10.7. The summed E-state index contributed by atoms with van der Waals surface area (Å²) in [4.78, 5) is 64.0. The van der Waals surface area contributed by atoms with Crippen molar-refractivity contribution in [3.63, 3.8) is 0 Å². The number of ether oxygens (including phenoxy) is 4. The molecular weight excluding hydrogens is 438 g/mol.